The topological polar surface area (TPSA) is 62.3 Å². The maximum atomic E-state index is 7.60. The van der Waals surface area contributed by atoms with Crippen LogP contribution in [0.2, 0.25) is 0 Å². The van der Waals surface area contributed by atoms with E-state index in [0.717, 1.165) is 30.0 Å². The van der Waals surface area contributed by atoms with E-state index in [1.54, 1.807) is 0 Å². The van der Waals surface area contributed by atoms with E-state index >= 15 is 0 Å². The lowest BCUT2D eigenvalue weighted by Gasteiger charge is -2.22. The highest BCUT2D eigenvalue weighted by atomic mass is 16.5. The molecule has 0 saturated carbocycles. The zero-order valence-corrected chi connectivity index (χ0v) is 10.8. The molecule has 0 aliphatic rings. The molecular formula is C13H21N3O. The Morgan fingerprint density at radius 2 is 2.18 bits per heavy atom. The van der Waals surface area contributed by atoms with Crippen molar-refractivity contribution < 1.29 is 4.74 Å². The Kier molecular flexibility index (Phi) is 4.97. The number of ether oxygens (including phenoxy) is 1. The second-order valence-electron chi connectivity index (χ2n) is 4.05. The van der Waals surface area contributed by atoms with E-state index < -0.39 is 0 Å². The molecule has 1 aromatic carbocycles. The Morgan fingerprint density at radius 3 is 2.76 bits per heavy atom. The molecule has 94 valence electrons. The third-order valence-electron chi connectivity index (χ3n) is 2.63. The number of nitrogens with zero attached hydrogens (tertiary/aromatic N) is 1. The molecule has 0 unspecified atom stereocenters. The Hall–Kier alpha value is -1.55. The Morgan fingerprint density at radius 1 is 1.47 bits per heavy atom. The van der Waals surface area contributed by atoms with Gasteiger partial charge in [0.25, 0.3) is 0 Å². The predicted molar refractivity (Wildman–Crippen MR) is 72.0 cm³/mol. The molecule has 0 saturated heterocycles. The van der Waals surface area contributed by atoms with Gasteiger partial charge >= 0.3 is 0 Å². The smallest absolute Gasteiger partial charge is 0.124 e. The minimum Gasteiger partial charge on any atom is -0.384 e. The molecule has 17 heavy (non-hydrogen) atoms. The van der Waals surface area contributed by atoms with E-state index in [1.165, 1.54) is 0 Å². The summed E-state index contributed by atoms with van der Waals surface area (Å²) in [6.07, 6.45) is 0. The van der Waals surface area contributed by atoms with Gasteiger partial charge in [-0.25, -0.2) is 0 Å². The lowest BCUT2D eigenvalue weighted by molar-refractivity contribution is 0.154. The van der Waals surface area contributed by atoms with Crippen LogP contribution in [0.4, 0.5) is 5.69 Å². The van der Waals surface area contributed by atoms with Crippen LogP contribution in [0.15, 0.2) is 18.2 Å². The van der Waals surface area contributed by atoms with Gasteiger partial charge in [-0.15, -0.1) is 0 Å². The lowest BCUT2D eigenvalue weighted by atomic mass is 10.1. The van der Waals surface area contributed by atoms with Crippen LogP contribution in [0, 0.1) is 12.3 Å². The quantitative estimate of drug-likeness (QED) is 0.448. The number of likely N-dealkylation sites (N-methyl/N-ethyl adjacent to an activating group) is 1. The second-order valence-corrected chi connectivity index (χ2v) is 4.05. The summed E-state index contributed by atoms with van der Waals surface area (Å²) in [5.74, 6) is 0.104. The van der Waals surface area contributed by atoms with E-state index in [9.17, 15) is 0 Å². The van der Waals surface area contributed by atoms with Gasteiger partial charge in [0.2, 0.25) is 0 Å². The molecule has 1 rings (SSSR count). The lowest BCUT2D eigenvalue weighted by Crippen LogP contribution is -2.26. The molecule has 0 bridgehead atoms. The maximum absolute atomic E-state index is 7.60. The normalized spacial score (nSPS) is 10.3. The van der Waals surface area contributed by atoms with Crippen LogP contribution >= 0.6 is 0 Å². The molecule has 0 fully saturated rings. The highest BCUT2D eigenvalue weighted by Crippen LogP contribution is 2.20. The van der Waals surface area contributed by atoms with Crippen LogP contribution in [0.1, 0.15) is 18.1 Å². The number of rotatable bonds is 6. The third-order valence-corrected chi connectivity index (χ3v) is 2.63. The highest BCUT2D eigenvalue weighted by Gasteiger charge is 2.09. The number of aryl methyl sites for hydroxylation is 1. The SMILES string of the molecule is CCOCCN(C)c1ccc(C)cc1C(=N)N. The number of hydrogen-bond donors (Lipinski definition) is 2. The van der Waals surface area contributed by atoms with Crippen molar-refractivity contribution >= 4 is 11.5 Å². The fourth-order valence-electron chi connectivity index (χ4n) is 1.66. The van der Waals surface area contributed by atoms with Gasteiger partial charge in [0.1, 0.15) is 5.84 Å². The fourth-order valence-corrected chi connectivity index (χ4v) is 1.66. The number of anilines is 1. The molecule has 0 heterocycles. The molecule has 4 nitrogen and oxygen atoms in total. The molecule has 0 aliphatic heterocycles. The first kappa shape index (κ1) is 13.5. The van der Waals surface area contributed by atoms with E-state index in [2.05, 4.69) is 4.90 Å². The van der Waals surface area contributed by atoms with Gasteiger partial charge in [0.05, 0.1) is 6.61 Å². The zero-order valence-electron chi connectivity index (χ0n) is 10.8. The van der Waals surface area contributed by atoms with Crippen LogP contribution in [0.3, 0.4) is 0 Å². The molecule has 1 aromatic rings. The number of nitrogens with two attached hydrogens (primary N) is 1. The Balaban J connectivity index is 2.84. The molecule has 0 atom stereocenters. The van der Waals surface area contributed by atoms with Gasteiger partial charge in [-0.05, 0) is 26.0 Å². The fraction of sp³-hybridized carbons (Fsp3) is 0.462. The predicted octanol–water partition coefficient (Wildman–Crippen LogP) is 1.75. The third kappa shape index (κ3) is 3.75. The molecule has 0 spiro atoms. The summed E-state index contributed by atoms with van der Waals surface area (Å²) in [6.45, 7) is 6.17. The van der Waals surface area contributed by atoms with E-state index in [4.69, 9.17) is 15.9 Å². The average molecular weight is 235 g/mol. The van der Waals surface area contributed by atoms with Crippen molar-refractivity contribution in [3.63, 3.8) is 0 Å². The maximum Gasteiger partial charge on any atom is 0.124 e. The van der Waals surface area contributed by atoms with Crippen molar-refractivity contribution in [1.82, 2.24) is 0 Å². The molecule has 0 amide bonds. The monoisotopic (exact) mass is 235 g/mol. The summed E-state index contributed by atoms with van der Waals surface area (Å²) in [5, 5.41) is 7.60. The number of nitrogen functional groups attached to an aromatic ring is 1. The molecule has 0 aliphatic carbocycles. The zero-order chi connectivity index (χ0) is 12.8. The first-order valence-corrected chi connectivity index (χ1v) is 5.80. The summed E-state index contributed by atoms with van der Waals surface area (Å²) < 4.78 is 5.32. The van der Waals surface area contributed by atoms with Crippen LogP contribution in [0.5, 0.6) is 0 Å². The van der Waals surface area contributed by atoms with Crippen LogP contribution < -0.4 is 10.6 Å². The average Bonchev–Trinajstić information content (AvgIpc) is 2.29. The van der Waals surface area contributed by atoms with Gasteiger partial charge in [0, 0.05) is 31.5 Å². The molecule has 3 N–H and O–H groups in total. The van der Waals surface area contributed by atoms with Crippen molar-refractivity contribution in [2.45, 2.75) is 13.8 Å². The molecule has 0 radical (unpaired) electrons. The van der Waals surface area contributed by atoms with Crippen molar-refractivity contribution in [2.24, 2.45) is 5.73 Å². The number of amidine groups is 1. The Bertz CT molecular complexity index is 390. The van der Waals surface area contributed by atoms with Gasteiger partial charge in [-0.3, -0.25) is 5.41 Å². The van der Waals surface area contributed by atoms with Crippen molar-refractivity contribution in [3.8, 4) is 0 Å². The molecule has 4 heteroatoms. The van der Waals surface area contributed by atoms with E-state index in [0.29, 0.717) is 6.61 Å². The number of benzene rings is 1. The summed E-state index contributed by atoms with van der Waals surface area (Å²) in [4.78, 5) is 2.06. The first-order chi connectivity index (χ1) is 8.06. The second kappa shape index (κ2) is 6.25. The number of nitrogens with one attached hydrogen (secondary N) is 1. The minimum atomic E-state index is 0.104. The number of hydrogen-bond acceptors (Lipinski definition) is 3. The summed E-state index contributed by atoms with van der Waals surface area (Å²) in [5.41, 5.74) is 8.47. The molecule has 0 aromatic heterocycles. The van der Waals surface area contributed by atoms with Gasteiger partial charge in [-0.2, -0.15) is 0 Å². The first-order valence-electron chi connectivity index (χ1n) is 5.80. The van der Waals surface area contributed by atoms with Gasteiger partial charge in [-0.1, -0.05) is 11.6 Å². The summed E-state index contributed by atoms with van der Waals surface area (Å²) >= 11 is 0. The largest absolute Gasteiger partial charge is 0.384 e. The standard InChI is InChI=1S/C13H21N3O/c1-4-17-8-7-16(3)12-6-5-10(2)9-11(12)13(14)15/h5-6,9H,4,7-8H2,1-3H3,(H3,14,15). The van der Waals surface area contributed by atoms with Crippen molar-refractivity contribution in [1.29, 1.82) is 5.41 Å². The van der Waals surface area contributed by atoms with Gasteiger partial charge in [0.15, 0.2) is 0 Å². The minimum absolute atomic E-state index is 0.104. The van der Waals surface area contributed by atoms with E-state index in [-0.39, 0.29) is 5.84 Å². The summed E-state index contributed by atoms with van der Waals surface area (Å²) in [6, 6.07) is 5.96. The van der Waals surface area contributed by atoms with Crippen LogP contribution in [-0.4, -0.2) is 32.6 Å². The van der Waals surface area contributed by atoms with Crippen LogP contribution in [0.25, 0.3) is 0 Å². The highest BCUT2D eigenvalue weighted by molar-refractivity contribution is 6.00. The summed E-state index contributed by atoms with van der Waals surface area (Å²) in [7, 11) is 1.98. The van der Waals surface area contributed by atoms with Crippen LogP contribution in [-0.2, 0) is 4.74 Å². The van der Waals surface area contributed by atoms with Gasteiger partial charge < -0.3 is 15.4 Å². The molecular weight excluding hydrogens is 214 g/mol. The van der Waals surface area contributed by atoms with Crippen molar-refractivity contribution in [3.05, 3.63) is 29.3 Å². The Labute approximate surface area is 103 Å². The van der Waals surface area contributed by atoms with E-state index in [1.807, 2.05) is 39.1 Å². The van der Waals surface area contributed by atoms with Crippen molar-refractivity contribution in [2.75, 3.05) is 31.7 Å².